The van der Waals surface area contributed by atoms with Crippen LogP contribution in [0, 0.1) is 0 Å². The standard InChI is InChI=1S/C12H17NO/c1-2-3-11(13)10-5-4-9-6-7-14-12(9)8-10/h4-5,8,11H,2-3,6-7,13H2,1H3/t11-/m1/s1. The third-order valence-corrected chi connectivity index (χ3v) is 2.75. The first-order valence-corrected chi connectivity index (χ1v) is 5.32. The molecule has 2 rings (SSSR count). The summed E-state index contributed by atoms with van der Waals surface area (Å²) in [6.07, 6.45) is 3.20. The van der Waals surface area contributed by atoms with Crippen molar-refractivity contribution in [3.05, 3.63) is 29.3 Å². The van der Waals surface area contributed by atoms with Gasteiger partial charge in [0, 0.05) is 12.5 Å². The van der Waals surface area contributed by atoms with Crippen molar-refractivity contribution in [1.82, 2.24) is 0 Å². The van der Waals surface area contributed by atoms with E-state index in [2.05, 4.69) is 25.1 Å². The van der Waals surface area contributed by atoms with Gasteiger partial charge in [-0.1, -0.05) is 25.5 Å². The van der Waals surface area contributed by atoms with Gasteiger partial charge in [-0.25, -0.2) is 0 Å². The second kappa shape index (κ2) is 4.01. The second-order valence-corrected chi connectivity index (χ2v) is 3.86. The van der Waals surface area contributed by atoms with Gasteiger partial charge < -0.3 is 10.5 Å². The molecule has 1 atom stereocenters. The molecule has 2 nitrogen and oxygen atoms in total. The van der Waals surface area contributed by atoms with E-state index in [0.29, 0.717) is 0 Å². The van der Waals surface area contributed by atoms with Crippen LogP contribution >= 0.6 is 0 Å². The molecule has 1 heterocycles. The van der Waals surface area contributed by atoms with Crippen molar-refractivity contribution in [2.24, 2.45) is 5.73 Å². The molecule has 2 heteroatoms. The van der Waals surface area contributed by atoms with Crippen LogP contribution in [0.5, 0.6) is 5.75 Å². The molecule has 0 aliphatic carbocycles. The van der Waals surface area contributed by atoms with Gasteiger partial charge in [0.15, 0.2) is 0 Å². The summed E-state index contributed by atoms with van der Waals surface area (Å²) in [6, 6.07) is 6.54. The van der Waals surface area contributed by atoms with E-state index in [-0.39, 0.29) is 6.04 Å². The Balaban J connectivity index is 2.19. The van der Waals surface area contributed by atoms with E-state index < -0.39 is 0 Å². The molecule has 14 heavy (non-hydrogen) atoms. The number of ether oxygens (including phenoxy) is 1. The van der Waals surface area contributed by atoms with Crippen LogP contribution in [-0.4, -0.2) is 6.61 Å². The summed E-state index contributed by atoms with van der Waals surface area (Å²) < 4.78 is 5.51. The highest BCUT2D eigenvalue weighted by atomic mass is 16.5. The SMILES string of the molecule is CCC[C@@H](N)c1ccc2c(c1)OCC2. The predicted octanol–water partition coefficient (Wildman–Crippen LogP) is 2.42. The minimum absolute atomic E-state index is 0.162. The Morgan fingerprint density at radius 3 is 3.14 bits per heavy atom. The van der Waals surface area contributed by atoms with E-state index in [1.807, 2.05) is 0 Å². The maximum atomic E-state index is 6.04. The highest BCUT2D eigenvalue weighted by molar-refractivity contribution is 5.40. The largest absolute Gasteiger partial charge is 0.493 e. The molecule has 0 bridgehead atoms. The first kappa shape index (κ1) is 9.53. The fourth-order valence-corrected chi connectivity index (χ4v) is 1.89. The third kappa shape index (κ3) is 1.75. The van der Waals surface area contributed by atoms with Crippen molar-refractivity contribution in [2.75, 3.05) is 6.61 Å². The summed E-state index contributed by atoms with van der Waals surface area (Å²) in [5, 5.41) is 0. The summed E-state index contributed by atoms with van der Waals surface area (Å²) >= 11 is 0. The molecule has 0 fully saturated rings. The lowest BCUT2D eigenvalue weighted by molar-refractivity contribution is 0.356. The summed E-state index contributed by atoms with van der Waals surface area (Å²) in [7, 11) is 0. The zero-order valence-electron chi connectivity index (χ0n) is 8.62. The third-order valence-electron chi connectivity index (χ3n) is 2.75. The molecule has 0 amide bonds. The summed E-state index contributed by atoms with van der Waals surface area (Å²) in [5.74, 6) is 1.04. The molecule has 76 valence electrons. The summed E-state index contributed by atoms with van der Waals surface area (Å²) in [6.45, 7) is 2.98. The van der Waals surface area contributed by atoms with Crippen LogP contribution in [0.2, 0.25) is 0 Å². The maximum absolute atomic E-state index is 6.04. The summed E-state index contributed by atoms with van der Waals surface area (Å²) in [5.41, 5.74) is 8.56. The fourth-order valence-electron chi connectivity index (χ4n) is 1.89. The highest BCUT2D eigenvalue weighted by Crippen LogP contribution is 2.28. The summed E-state index contributed by atoms with van der Waals surface area (Å²) in [4.78, 5) is 0. The number of hydrogen-bond acceptors (Lipinski definition) is 2. The molecule has 2 N–H and O–H groups in total. The average Bonchev–Trinajstić information content (AvgIpc) is 2.64. The topological polar surface area (TPSA) is 35.2 Å². The molecule has 1 aromatic carbocycles. The second-order valence-electron chi connectivity index (χ2n) is 3.86. The van der Waals surface area contributed by atoms with E-state index in [4.69, 9.17) is 10.5 Å². The molecule has 0 aromatic heterocycles. The maximum Gasteiger partial charge on any atom is 0.122 e. The van der Waals surface area contributed by atoms with Gasteiger partial charge in [-0.2, -0.15) is 0 Å². The molecule has 0 spiro atoms. The highest BCUT2D eigenvalue weighted by Gasteiger charge is 2.14. The van der Waals surface area contributed by atoms with Crippen LogP contribution in [0.3, 0.4) is 0 Å². The van der Waals surface area contributed by atoms with Crippen LogP contribution < -0.4 is 10.5 Å². The Morgan fingerprint density at radius 1 is 1.50 bits per heavy atom. The van der Waals surface area contributed by atoms with E-state index in [9.17, 15) is 0 Å². The Bertz CT molecular complexity index is 322. The van der Waals surface area contributed by atoms with Crippen molar-refractivity contribution < 1.29 is 4.74 Å². The van der Waals surface area contributed by atoms with Crippen molar-refractivity contribution in [1.29, 1.82) is 0 Å². The van der Waals surface area contributed by atoms with Crippen LogP contribution in [0.1, 0.15) is 36.9 Å². The van der Waals surface area contributed by atoms with E-state index >= 15 is 0 Å². The molecular formula is C12H17NO. The quantitative estimate of drug-likeness (QED) is 0.796. The predicted molar refractivity (Wildman–Crippen MR) is 57.5 cm³/mol. The Labute approximate surface area is 85.1 Å². The zero-order valence-corrected chi connectivity index (χ0v) is 8.62. The number of hydrogen-bond donors (Lipinski definition) is 1. The fraction of sp³-hybridized carbons (Fsp3) is 0.500. The lowest BCUT2D eigenvalue weighted by atomic mass is 10.0. The lowest BCUT2D eigenvalue weighted by Crippen LogP contribution is -2.09. The molecule has 0 unspecified atom stereocenters. The molecule has 0 saturated carbocycles. The van der Waals surface area contributed by atoms with Crippen LogP contribution in [0.25, 0.3) is 0 Å². The number of rotatable bonds is 3. The van der Waals surface area contributed by atoms with E-state index in [1.54, 1.807) is 0 Å². The smallest absolute Gasteiger partial charge is 0.122 e. The number of nitrogens with two attached hydrogens (primary N) is 1. The molecule has 0 radical (unpaired) electrons. The van der Waals surface area contributed by atoms with Crippen LogP contribution in [-0.2, 0) is 6.42 Å². The van der Waals surface area contributed by atoms with Gasteiger partial charge in [-0.15, -0.1) is 0 Å². The van der Waals surface area contributed by atoms with Crippen molar-refractivity contribution in [3.8, 4) is 5.75 Å². The zero-order chi connectivity index (χ0) is 9.97. The van der Waals surface area contributed by atoms with Crippen LogP contribution in [0.15, 0.2) is 18.2 Å². The van der Waals surface area contributed by atoms with Gasteiger partial charge in [0.1, 0.15) is 5.75 Å². The molecule has 1 aliphatic rings. The first-order chi connectivity index (χ1) is 6.81. The first-order valence-electron chi connectivity index (χ1n) is 5.32. The normalized spacial score (nSPS) is 16.1. The van der Waals surface area contributed by atoms with Gasteiger partial charge >= 0.3 is 0 Å². The minimum Gasteiger partial charge on any atom is -0.493 e. The van der Waals surface area contributed by atoms with Crippen molar-refractivity contribution >= 4 is 0 Å². The van der Waals surface area contributed by atoms with E-state index in [1.165, 1.54) is 11.1 Å². The molecule has 0 saturated heterocycles. The van der Waals surface area contributed by atoms with Gasteiger partial charge in [-0.05, 0) is 23.6 Å². The lowest BCUT2D eigenvalue weighted by Gasteiger charge is -2.11. The molecule has 1 aliphatic heterocycles. The van der Waals surface area contributed by atoms with Crippen LogP contribution in [0.4, 0.5) is 0 Å². The van der Waals surface area contributed by atoms with Crippen molar-refractivity contribution in [3.63, 3.8) is 0 Å². The monoisotopic (exact) mass is 191 g/mol. The van der Waals surface area contributed by atoms with Gasteiger partial charge in [0.2, 0.25) is 0 Å². The minimum atomic E-state index is 0.162. The van der Waals surface area contributed by atoms with E-state index in [0.717, 1.165) is 31.6 Å². The number of benzene rings is 1. The average molecular weight is 191 g/mol. The Kier molecular flexibility index (Phi) is 2.73. The Morgan fingerprint density at radius 2 is 2.36 bits per heavy atom. The molecular weight excluding hydrogens is 174 g/mol. The van der Waals surface area contributed by atoms with Gasteiger partial charge in [0.25, 0.3) is 0 Å². The van der Waals surface area contributed by atoms with Gasteiger partial charge in [-0.3, -0.25) is 0 Å². The number of fused-ring (bicyclic) bond motifs is 1. The Hall–Kier alpha value is -1.02. The van der Waals surface area contributed by atoms with Crippen molar-refractivity contribution in [2.45, 2.75) is 32.2 Å². The molecule has 1 aromatic rings. The van der Waals surface area contributed by atoms with Gasteiger partial charge in [0.05, 0.1) is 6.61 Å².